The molecule has 0 aliphatic heterocycles. The summed E-state index contributed by atoms with van der Waals surface area (Å²) in [5.41, 5.74) is 1.05. The van der Waals surface area contributed by atoms with Crippen LogP contribution < -0.4 is 10.9 Å². The first kappa shape index (κ1) is 20.3. The minimum absolute atomic E-state index is 0.152. The lowest BCUT2D eigenvalue weighted by Crippen LogP contribution is -2.27. The number of nitrogens with one attached hydrogen (secondary N) is 1. The molecule has 1 amide bonds. The van der Waals surface area contributed by atoms with Gasteiger partial charge in [0.05, 0.1) is 25.4 Å². The van der Waals surface area contributed by atoms with Gasteiger partial charge in [0.15, 0.2) is 11.4 Å². The van der Waals surface area contributed by atoms with Gasteiger partial charge in [0.2, 0.25) is 0 Å². The van der Waals surface area contributed by atoms with Crippen LogP contribution in [-0.4, -0.2) is 36.7 Å². The second kappa shape index (κ2) is 8.40. The second-order valence-corrected chi connectivity index (χ2v) is 7.00. The van der Waals surface area contributed by atoms with Gasteiger partial charge in [0, 0.05) is 11.6 Å². The normalized spacial score (nSPS) is 11.0. The van der Waals surface area contributed by atoms with Crippen molar-refractivity contribution in [2.45, 2.75) is 13.1 Å². The lowest BCUT2D eigenvalue weighted by Gasteiger charge is -2.07. The zero-order valence-electron chi connectivity index (χ0n) is 15.9. The monoisotopic (exact) mass is 442 g/mol. The molecule has 0 atom stereocenters. The van der Waals surface area contributed by atoms with Gasteiger partial charge in [0.25, 0.3) is 11.5 Å². The van der Waals surface area contributed by atoms with E-state index >= 15 is 0 Å². The van der Waals surface area contributed by atoms with Gasteiger partial charge in [-0.25, -0.2) is 9.67 Å². The van der Waals surface area contributed by atoms with Crippen LogP contribution in [0.5, 0.6) is 0 Å². The van der Waals surface area contributed by atoms with Crippen molar-refractivity contribution < 1.29 is 14.1 Å². The van der Waals surface area contributed by atoms with E-state index in [4.69, 9.17) is 16.0 Å². The van der Waals surface area contributed by atoms with E-state index in [2.05, 4.69) is 15.4 Å². The minimum Gasteiger partial charge on any atom is -0.395 e. The van der Waals surface area contributed by atoms with Crippen molar-refractivity contribution in [3.05, 3.63) is 85.7 Å². The Bertz CT molecular complexity index is 1320. The van der Waals surface area contributed by atoms with E-state index in [0.717, 1.165) is 11.6 Å². The maximum absolute atomic E-state index is 12.7. The van der Waals surface area contributed by atoms with Crippen molar-refractivity contribution in [2.75, 3.05) is 6.54 Å². The predicted molar refractivity (Wildman–Crippen MR) is 110 cm³/mol. The Morgan fingerprint density at radius 1 is 1.23 bits per heavy atom. The Kier molecular flexibility index (Phi) is 5.50. The Labute approximate surface area is 179 Å². The summed E-state index contributed by atoms with van der Waals surface area (Å²) in [5.74, 6) is -1.27. The molecule has 0 saturated heterocycles. The summed E-state index contributed by atoms with van der Waals surface area (Å²) in [4.78, 5) is 39.0. The van der Waals surface area contributed by atoms with Crippen LogP contribution in [0.3, 0.4) is 0 Å². The van der Waals surface area contributed by atoms with E-state index in [1.54, 1.807) is 12.1 Å². The molecule has 0 bridgehead atoms. The van der Waals surface area contributed by atoms with Crippen LogP contribution in [0.25, 0.3) is 11.0 Å². The average molecular weight is 443 g/mol. The molecule has 12 heteroatoms. The molecule has 1 N–H and O–H groups in total. The van der Waals surface area contributed by atoms with Gasteiger partial charge < -0.3 is 9.73 Å². The molecule has 31 heavy (non-hydrogen) atoms. The number of amides is 1. The SMILES string of the molecule is O=C(NCCn1ncc2c(=O)n(Cc3ccc(Cl)cc3)cnc21)c1ccc([N+](=O)[O-])o1. The number of carbonyl (C=O) groups excluding carboxylic acids is 1. The van der Waals surface area contributed by atoms with Crippen LogP contribution in [-0.2, 0) is 13.1 Å². The maximum atomic E-state index is 12.7. The third-order valence-electron chi connectivity index (χ3n) is 4.49. The highest BCUT2D eigenvalue weighted by molar-refractivity contribution is 6.30. The smallest absolute Gasteiger partial charge is 0.395 e. The molecule has 11 nitrogen and oxygen atoms in total. The Balaban J connectivity index is 1.43. The standard InChI is InChI=1S/C19H15ClN6O5/c20-13-3-1-12(2-4-13)10-24-11-22-17-14(19(24)28)9-23-25(17)8-7-21-18(27)15-5-6-16(31-15)26(29)30/h1-6,9,11H,7-8,10H2,(H,21,27). The lowest BCUT2D eigenvalue weighted by molar-refractivity contribution is -0.402. The maximum Gasteiger partial charge on any atom is 0.433 e. The summed E-state index contributed by atoms with van der Waals surface area (Å²) in [6, 6.07) is 9.50. The van der Waals surface area contributed by atoms with E-state index in [0.29, 0.717) is 22.6 Å². The molecule has 0 saturated carbocycles. The number of benzene rings is 1. The summed E-state index contributed by atoms with van der Waals surface area (Å²) in [7, 11) is 0. The van der Waals surface area contributed by atoms with Crippen molar-refractivity contribution in [2.24, 2.45) is 0 Å². The van der Waals surface area contributed by atoms with Crippen LogP contribution >= 0.6 is 11.6 Å². The van der Waals surface area contributed by atoms with Gasteiger partial charge in [-0.3, -0.25) is 24.3 Å². The minimum atomic E-state index is -0.724. The molecular formula is C19H15ClN6O5. The van der Waals surface area contributed by atoms with Crippen LogP contribution in [0.4, 0.5) is 5.88 Å². The number of nitro groups is 1. The fourth-order valence-corrected chi connectivity index (χ4v) is 3.10. The number of carbonyl (C=O) groups is 1. The van der Waals surface area contributed by atoms with Crippen LogP contribution in [0.1, 0.15) is 16.1 Å². The van der Waals surface area contributed by atoms with Crippen molar-refractivity contribution >= 4 is 34.4 Å². The zero-order valence-corrected chi connectivity index (χ0v) is 16.7. The molecule has 3 heterocycles. The molecule has 3 aromatic heterocycles. The van der Waals surface area contributed by atoms with E-state index < -0.39 is 16.7 Å². The van der Waals surface area contributed by atoms with Crippen molar-refractivity contribution in [1.82, 2.24) is 24.6 Å². The fraction of sp³-hybridized carbons (Fsp3) is 0.158. The topological polar surface area (TPSA) is 138 Å². The van der Waals surface area contributed by atoms with Gasteiger partial charge in [0.1, 0.15) is 16.6 Å². The molecule has 0 fully saturated rings. The fourth-order valence-electron chi connectivity index (χ4n) is 2.97. The summed E-state index contributed by atoms with van der Waals surface area (Å²) >= 11 is 5.89. The molecule has 0 radical (unpaired) electrons. The Morgan fingerprint density at radius 3 is 2.71 bits per heavy atom. The van der Waals surface area contributed by atoms with E-state index in [9.17, 15) is 19.7 Å². The molecule has 0 unspecified atom stereocenters. The summed E-state index contributed by atoms with van der Waals surface area (Å²) in [6.07, 6.45) is 2.87. The molecule has 4 aromatic rings. The van der Waals surface area contributed by atoms with Crippen molar-refractivity contribution in [3.63, 3.8) is 0 Å². The predicted octanol–water partition coefficient (Wildman–Crippen LogP) is 2.23. The highest BCUT2D eigenvalue weighted by Crippen LogP contribution is 2.15. The molecule has 0 aliphatic carbocycles. The number of halogens is 1. The van der Waals surface area contributed by atoms with Crippen molar-refractivity contribution in [1.29, 1.82) is 0 Å². The first-order valence-electron chi connectivity index (χ1n) is 9.10. The highest BCUT2D eigenvalue weighted by atomic mass is 35.5. The third-order valence-corrected chi connectivity index (χ3v) is 4.75. The van der Waals surface area contributed by atoms with Crippen molar-refractivity contribution in [3.8, 4) is 0 Å². The summed E-state index contributed by atoms with van der Waals surface area (Å²) < 4.78 is 7.82. The molecular weight excluding hydrogens is 428 g/mol. The number of fused-ring (bicyclic) bond motifs is 1. The number of aromatic nitrogens is 4. The lowest BCUT2D eigenvalue weighted by atomic mass is 10.2. The number of furan rings is 1. The quantitative estimate of drug-likeness (QED) is 0.342. The van der Waals surface area contributed by atoms with E-state index in [1.165, 1.54) is 27.8 Å². The first-order chi connectivity index (χ1) is 14.9. The molecule has 158 valence electrons. The molecule has 1 aromatic carbocycles. The van der Waals surface area contributed by atoms with E-state index in [-0.39, 0.29) is 24.4 Å². The van der Waals surface area contributed by atoms with Crippen LogP contribution in [0.2, 0.25) is 5.02 Å². The number of hydrogen-bond acceptors (Lipinski definition) is 7. The van der Waals surface area contributed by atoms with E-state index in [1.807, 2.05) is 12.1 Å². The Hall–Kier alpha value is -3.99. The summed E-state index contributed by atoms with van der Waals surface area (Å²) in [6.45, 7) is 0.737. The van der Waals surface area contributed by atoms with Crippen LogP contribution in [0.15, 0.2) is 58.1 Å². The highest BCUT2D eigenvalue weighted by Gasteiger charge is 2.17. The number of hydrogen-bond donors (Lipinski definition) is 1. The Morgan fingerprint density at radius 2 is 2.00 bits per heavy atom. The third kappa shape index (κ3) is 4.31. The number of rotatable bonds is 7. The summed E-state index contributed by atoms with van der Waals surface area (Å²) in [5, 5.41) is 18.3. The number of nitrogens with zero attached hydrogens (tertiary/aromatic N) is 5. The van der Waals surface area contributed by atoms with Gasteiger partial charge in [-0.15, -0.1) is 0 Å². The first-order valence-corrected chi connectivity index (χ1v) is 9.48. The average Bonchev–Trinajstić information content (AvgIpc) is 3.40. The van der Waals surface area contributed by atoms with Gasteiger partial charge in [-0.1, -0.05) is 23.7 Å². The molecule has 4 rings (SSSR count). The molecule has 0 spiro atoms. The second-order valence-electron chi connectivity index (χ2n) is 6.56. The van der Waals surface area contributed by atoms with Gasteiger partial charge >= 0.3 is 5.88 Å². The van der Waals surface area contributed by atoms with Gasteiger partial charge in [-0.05, 0) is 23.8 Å². The van der Waals surface area contributed by atoms with Crippen LogP contribution in [0, 0.1) is 10.1 Å². The molecule has 0 aliphatic rings. The zero-order chi connectivity index (χ0) is 22.0. The largest absolute Gasteiger partial charge is 0.433 e. The van der Waals surface area contributed by atoms with Gasteiger partial charge in [-0.2, -0.15) is 5.10 Å².